The minimum Gasteiger partial charge on any atom is -0.357 e. The fraction of sp³-hybridized carbons (Fsp3) is 0.250. The van der Waals surface area contributed by atoms with Crippen LogP contribution in [0.25, 0.3) is 0 Å². The lowest BCUT2D eigenvalue weighted by molar-refractivity contribution is 1.03. The highest BCUT2D eigenvalue weighted by Gasteiger charge is 1.89. The number of rotatable bonds is 0. The second-order valence-electron chi connectivity index (χ2n) is 1.19. The third kappa shape index (κ3) is 1.20. The molecular weight excluding hydrogens is 112 g/mol. The summed E-state index contributed by atoms with van der Waals surface area (Å²) in [6.07, 6.45) is 3.57. The maximum atomic E-state index is 5.40. The van der Waals surface area contributed by atoms with E-state index in [9.17, 15) is 0 Å². The van der Waals surface area contributed by atoms with E-state index in [2.05, 4.69) is 10.3 Å². The number of hydrogen-bond acceptors (Lipinski definition) is 2. The Kier molecular flexibility index (Phi) is 1.32. The molecule has 0 spiro atoms. The second kappa shape index (κ2) is 1.98. The molecule has 1 N–H and O–H groups in total. The molecule has 0 bridgehead atoms. The van der Waals surface area contributed by atoms with Gasteiger partial charge in [-0.15, -0.1) is 0 Å². The van der Waals surface area contributed by atoms with Crippen LogP contribution in [0.5, 0.6) is 0 Å². The predicted octanol–water partition coefficient (Wildman–Crippen LogP) is 0.698. The molecule has 0 aromatic rings. The zero-order valence-electron chi connectivity index (χ0n) is 3.69. The Morgan fingerprint density at radius 3 is 3.00 bits per heavy atom. The minimum atomic E-state index is 0.475. The van der Waals surface area contributed by atoms with Crippen LogP contribution in [0.4, 0.5) is 0 Å². The summed E-state index contributed by atoms with van der Waals surface area (Å²) in [6.45, 7) is 0.794. The van der Waals surface area contributed by atoms with Crippen LogP contribution in [-0.4, -0.2) is 11.8 Å². The first-order valence-electron chi connectivity index (χ1n) is 2.02. The smallest absolute Gasteiger partial charge is 0.196 e. The highest BCUT2D eigenvalue weighted by atomic mass is 35.5. The number of halogens is 1. The standard InChI is InChI=1S/C4H5ClN2/c5-4-6-2-1-3-7-4/h1-2H,3H2,(H,6,7). The molecule has 0 saturated carbocycles. The molecule has 0 aromatic carbocycles. The summed E-state index contributed by atoms with van der Waals surface area (Å²) in [6, 6.07) is 0. The van der Waals surface area contributed by atoms with Crippen molar-refractivity contribution in [1.82, 2.24) is 5.32 Å². The van der Waals surface area contributed by atoms with Gasteiger partial charge in [0.1, 0.15) is 0 Å². The molecule has 0 saturated heterocycles. The number of aliphatic imine (C=N–C) groups is 1. The Morgan fingerprint density at radius 2 is 2.71 bits per heavy atom. The molecule has 1 heterocycles. The monoisotopic (exact) mass is 116 g/mol. The number of hydrogen-bond donors (Lipinski definition) is 1. The molecule has 0 unspecified atom stereocenters. The summed E-state index contributed by atoms with van der Waals surface area (Å²) in [5, 5.41) is 3.29. The normalized spacial score (nSPS) is 18.1. The summed E-state index contributed by atoms with van der Waals surface area (Å²) >= 11 is 5.40. The molecule has 0 fully saturated rings. The molecule has 7 heavy (non-hydrogen) atoms. The third-order valence-corrected chi connectivity index (χ3v) is 0.890. The van der Waals surface area contributed by atoms with Gasteiger partial charge >= 0.3 is 0 Å². The fourth-order valence-electron chi connectivity index (χ4n) is 0.360. The van der Waals surface area contributed by atoms with Crippen LogP contribution in [0, 0.1) is 0 Å². The molecule has 0 atom stereocenters. The van der Waals surface area contributed by atoms with Gasteiger partial charge in [-0.25, -0.2) is 4.99 Å². The van der Waals surface area contributed by atoms with Gasteiger partial charge in [0.25, 0.3) is 0 Å². The molecule has 3 heteroatoms. The Labute approximate surface area is 46.9 Å². The van der Waals surface area contributed by atoms with Crippen molar-refractivity contribution in [2.45, 2.75) is 0 Å². The van der Waals surface area contributed by atoms with Crippen molar-refractivity contribution in [2.75, 3.05) is 6.54 Å². The van der Waals surface area contributed by atoms with Crippen molar-refractivity contribution in [2.24, 2.45) is 4.99 Å². The summed E-state index contributed by atoms with van der Waals surface area (Å²) in [7, 11) is 0. The lowest BCUT2D eigenvalue weighted by Gasteiger charge is -2.00. The Hall–Kier alpha value is -0.500. The first kappa shape index (κ1) is 4.65. The van der Waals surface area contributed by atoms with Crippen LogP contribution in [0.2, 0.25) is 0 Å². The molecule has 0 amide bonds. The van der Waals surface area contributed by atoms with E-state index in [-0.39, 0.29) is 0 Å². The Morgan fingerprint density at radius 1 is 1.86 bits per heavy atom. The van der Waals surface area contributed by atoms with E-state index >= 15 is 0 Å². The molecule has 0 aromatic heterocycles. The molecule has 1 rings (SSSR count). The number of nitrogens with zero attached hydrogens (tertiary/aromatic N) is 1. The van der Waals surface area contributed by atoms with Crippen LogP contribution in [0.3, 0.4) is 0 Å². The van der Waals surface area contributed by atoms with Crippen LogP contribution in [-0.2, 0) is 0 Å². The summed E-state index contributed by atoms with van der Waals surface area (Å²) in [4.78, 5) is 3.72. The van der Waals surface area contributed by atoms with Gasteiger partial charge in [-0.2, -0.15) is 0 Å². The van der Waals surface area contributed by atoms with Gasteiger partial charge in [0.15, 0.2) is 5.29 Å². The van der Waals surface area contributed by atoms with Crippen molar-refractivity contribution >= 4 is 16.9 Å². The summed E-state index contributed by atoms with van der Waals surface area (Å²) in [5.41, 5.74) is 0. The van der Waals surface area contributed by atoms with E-state index < -0.39 is 0 Å². The van der Waals surface area contributed by atoms with Gasteiger partial charge in [0.2, 0.25) is 0 Å². The minimum absolute atomic E-state index is 0.475. The van der Waals surface area contributed by atoms with Crippen LogP contribution in [0.15, 0.2) is 17.3 Å². The van der Waals surface area contributed by atoms with Crippen molar-refractivity contribution < 1.29 is 0 Å². The molecule has 38 valence electrons. The van der Waals surface area contributed by atoms with Gasteiger partial charge < -0.3 is 5.32 Å². The second-order valence-corrected chi connectivity index (χ2v) is 1.54. The molecule has 1 aliphatic rings. The van der Waals surface area contributed by atoms with Crippen LogP contribution >= 0.6 is 11.6 Å². The third-order valence-electron chi connectivity index (χ3n) is 0.659. The zero-order valence-corrected chi connectivity index (χ0v) is 4.44. The zero-order chi connectivity index (χ0) is 5.11. The molecule has 0 aliphatic carbocycles. The van der Waals surface area contributed by atoms with Crippen molar-refractivity contribution in [3.05, 3.63) is 12.3 Å². The van der Waals surface area contributed by atoms with E-state index in [0.29, 0.717) is 5.29 Å². The lowest BCUT2D eigenvalue weighted by atomic mass is 10.6. The van der Waals surface area contributed by atoms with Crippen molar-refractivity contribution in [1.29, 1.82) is 0 Å². The van der Waals surface area contributed by atoms with Gasteiger partial charge in [0.05, 0.1) is 0 Å². The number of nitrogens with one attached hydrogen (secondary N) is 1. The topological polar surface area (TPSA) is 24.4 Å². The maximum absolute atomic E-state index is 5.40. The highest BCUT2D eigenvalue weighted by Crippen LogP contribution is 1.87. The first-order chi connectivity index (χ1) is 3.39. The van der Waals surface area contributed by atoms with E-state index in [1.807, 2.05) is 6.08 Å². The maximum Gasteiger partial charge on any atom is 0.196 e. The number of amidine groups is 1. The van der Waals surface area contributed by atoms with E-state index in [1.165, 1.54) is 0 Å². The molecular formula is C4H5ClN2. The highest BCUT2D eigenvalue weighted by molar-refractivity contribution is 6.64. The van der Waals surface area contributed by atoms with Gasteiger partial charge in [0, 0.05) is 12.7 Å². The molecule has 1 aliphatic heterocycles. The van der Waals surface area contributed by atoms with E-state index in [4.69, 9.17) is 11.6 Å². The van der Waals surface area contributed by atoms with Crippen molar-refractivity contribution in [3.63, 3.8) is 0 Å². The fourth-order valence-corrected chi connectivity index (χ4v) is 0.493. The van der Waals surface area contributed by atoms with E-state index in [1.54, 1.807) is 6.20 Å². The first-order valence-corrected chi connectivity index (χ1v) is 2.39. The van der Waals surface area contributed by atoms with E-state index in [0.717, 1.165) is 6.54 Å². The van der Waals surface area contributed by atoms with Gasteiger partial charge in [-0.1, -0.05) is 0 Å². The molecule has 2 nitrogen and oxygen atoms in total. The van der Waals surface area contributed by atoms with Crippen LogP contribution in [0.1, 0.15) is 0 Å². The van der Waals surface area contributed by atoms with Gasteiger partial charge in [-0.3, -0.25) is 0 Å². The van der Waals surface area contributed by atoms with Crippen LogP contribution < -0.4 is 5.32 Å². The predicted molar refractivity (Wildman–Crippen MR) is 30.4 cm³/mol. The lowest BCUT2D eigenvalue weighted by Crippen LogP contribution is -2.19. The Bertz CT molecular complexity index is 117. The largest absolute Gasteiger partial charge is 0.357 e. The average Bonchev–Trinajstić information content (AvgIpc) is 1.69. The summed E-state index contributed by atoms with van der Waals surface area (Å²) < 4.78 is 0. The SMILES string of the molecule is ClC1=NC=CCN1. The Balaban J connectivity index is 2.57. The molecule has 0 radical (unpaired) electrons. The average molecular weight is 117 g/mol. The van der Waals surface area contributed by atoms with Crippen molar-refractivity contribution in [3.8, 4) is 0 Å². The van der Waals surface area contributed by atoms with Gasteiger partial charge in [-0.05, 0) is 17.7 Å². The summed E-state index contributed by atoms with van der Waals surface area (Å²) in [5.74, 6) is 0. The quantitative estimate of drug-likeness (QED) is 0.463.